The molecule has 19 heavy (non-hydrogen) atoms. The minimum absolute atomic E-state index is 0.536. The lowest BCUT2D eigenvalue weighted by molar-refractivity contribution is 0.187. The summed E-state index contributed by atoms with van der Waals surface area (Å²) in [5.74, 6) is 1.78. The van der Waals surface area contributed by atoms with Crippen LogP contribution in [0.25, 0.3) is 0 Å². The van der Waals surface area contributed by atoms with Crippen LogP contribution in [-0.4, -0.2) is 41.7 Å². The molecule has 2 saturated heterocycles. The quantitative estimate of drug-likeness (QED) is 0.903. The lowest BCUT2D eigenvalue weighted by atomic mass is 9.97. The largest absolute Gasteiger partial charge is 0.490 e. The predicted octanol–water partition coefficient (Wildman–Crippen LogP) is 2.52. The van der Waals surface area contributed by atoms with Crippen LogP contribution in [0.15, 0.2) is 18.3 Å². The number of aromatic nitrogens is 1. The Labute approximate surface area is 115 Å². The molecule has 0 aromatic carbocycles. The maximum Gasteiger partial charge on any atom is 0.168 e. The van der Waals surface area contributed by atoms with Crippen LogP contribution in [0.1, 0.15) is 32.6 Å². The first-order chi connectivity index (χ1) is 9.36. The number of hydrogen-bond acceptors (Lipinski definition) is 4. The number of piperidine rings is 1. The second kappa shape index (κ2) is 5.78. The van der Waals surface area contributed by atoms with E-state index < -0.39 is 0 Å². The van der Waals surface area contributed by atoms with Gasteiger partial charge in [0.25, 0.3) is 0 Å². The minimum Gasteiger partial charge on any atom is -0.490 e. The highest BCUT2D eigenvalue weighted by Gasteiger charge is 2.31. The number of nitrogens with zero attached hydrogens (tertiary/aromatic N) is 2. The van der Waals surface area contributed by atoms with Crippen molar-refractivity contribution in [2.45, 2.75) is 44.7 Å². The molecule has 2 aliphatic heterocycles. The molecule has 104 valence electrons. The Morgan fingerprint density at radius 3 is 3.26 bits per heavy atom. The van der Waals surface area contributed by atoms with Gasteiger partial charge in [-0.3, -0.25) is 0 Å². The van der Waals surface area contributed by atoms with Crippen molar-refractivity contribution in [1.82, 2.24) is 9.88 Å². The van der Waals surface area contributed by atoms with Crippen molar-refractivity contribution < 1.29 is 4.74 Å². The number of nitrogens with one attached hydrogen (secondary N) is 1. The zero-order valence-corrected chi connectivity index (χ0v) is 11.6. The third-order valence-corrected chi connectivity index (χ3v) is 4.23. The molecule has 2 atom stereocenters. The van der Waals surface area contributed by atoms with E-state index in [9.17, 15) is 0 Å². The van der Waals surface area contributed by atoms with E-state index >= 15 is 0 Å². The Bertz CT molecular complexity index is 424. The molecule has 4 heteroatoms. The van der Waals surface area contributed by atoms with Gasteiger partial charge in [0.05, 0.1) is 6.61 Å². The molecular weight excluding hydrogens is 238 g/mol. The van der Waals surface area contributed by atoms with Gasteiger partial charge in [0.2, 0.25) is 0 Å². The van der Waals surface area contributed by atoms with E-state index in [1.54, 1.807) is 0 Å². The van der Waals surface area contributed by atoms with E-state index in [2.05, 4.69) is 15.2 Å². The second-order valence-corrected chi connectivity index (χ2v) is 5.48. The average Bonchev–Trinajstić information content (AvgIpc) is 2.89. The molecule has 0 spiro atoms. The number of pyridine rings is 1. The number of fused-ring (bicyclic) bond motifs is 1. The SMILES string of the molecule is CCOc1cccnc1NC1CCN2CCCC2C1. The highest BCUT2D eigenvalue weighted by Crippen LogP contribution is 2.30. The monoisotopic (exact) mass is 261 g/mol. The van der Waals surface area contributed by atoms with E-state index in [1.807, 2.05) is 25.3 Å². The lowest BCUT2D eigenvalue weighted by Crippen LogP contribution is -2.42. The number of ether oxygens (including phenoxy) is 1. The van der Waals surface area contributed by atoms with E-state index in [1.165, 1.54) is 38.8 Å². The van der Waals surface area contributed by atoms with Crippen LogP contribution in [-0.2, 0) is 0 Å². The fraction of sp³-hybridized carbons (Fsp3) is 0.667. The summed E-state index contributed by atoms with van der Waals surface area (Å²) >= 11 is 0. The summed E-state index contributed by atoms with van der Waals surface area (Å²) in [6.45, 7) is 5.21. The van der Waals surface area contributed by atoms with Crippen molar-refractivity contribution in [2.24, 2.45) is 0 Å². The van der Waals surface area contributed by atoms with Crippen LogP contribution in [0.2, 0.25) is 0 Å². The van der Waals surface area contributed by atoms with Crippen LogP contribution >= 0.6 is 0 Å². The third-order valence-electron chi connectivity index (χ3n) is 4.23. The molecule has 2 fully saturated rings. The van der Waals surface area contributed by atoms with Gasteiger partial charge in [0.15, 0.2) is 11.6 Å². The molecule has 0 amide bonds. The molecule has 1 N–H and O–H groups in total. The van der Waals surface area contributed by atoms with Crippen LogP contribution in [0.3, 0.4) is 0 Å². The lowest BCUT2D eigenvalue weighted by Gasteiger charge is -2.35. The zero-order chi connectivity index (χ0) is 13.1. The summed E-state index contributed by atoms with van der Waals surface area (Å²) in [7, 11) is 0. The average molecular weight is 261 g/mol. The van der Waals surface area contributed by atoms with Crippen molar-refractivity contribution in [3.05, 3.63) is 18.3 Å². The smallest absolute Gasteiger partial charge is 0.168 e. The fourth-order valence-corrected chi connectivity index (χ4v) is 3.32. The van der Waals surface area contributed by atoms with E-state index in [0.717, 1.165) is 17.6 Å². The fourth-order valence-electron chi connectivity index (χ4n) is 3.32. The highest BCUT2D eigenvalue weighted by molar-refractivity contribution is 5.50. The first-order valence-corrected chi connectivity index (χ1v) is 7.45. The molecule has 2 unspecified atom stereocenters. The molecule has 2 aliphatic rings. The van der Waals surface area contributed by atoms with Gasteiger partial charge in [-0.05, 0) is 51.3 Å². The molecule has 1 aromatic rings. The number of rotatable bonds is 4. The molecule has 0 aliphatic carbocycles. The van der Waals surface area contributed by atoms with E-state index in [4.69, 9.17) is 4.74 Å². The molecule has 1 aromatic heterocycles. The Morgan fingerprint density at radius 2 is 2.37 bits per heavy atom. The minimum atomic E-state index is 0.536. The van der Waals surface area contributed by atoms with Crippen LogP contribution in [0.5, 0.6) is 5.75 Å². The van der Waals surface area contributed by atoms with Gasteiger partial charge in [-0.25, -0.2) is 4.98 Å². The van der Waals surface area contributed by atoms with Gasteiger partial charge in [0, 0.05) is 24.8 Å². The van der Waals surface area contributed by atoms with Crippen molar-refractivity contribution in [3.8, 4) is 5.75 Å². The maximum absolute atomic E-state index is 5.63. The maximum atomic E-state index is 5.63. The molecular formula is C15H23N3O. The van der Waals surface area contributed by atoms with Crippen molar-refractivity contribution >= 4 is 5.82 Å². The Kier molecular flexibility index (Phi) is 3.87. The molecule has 0 bridgehead atoms. The topological polar surface area (TPSA) is 37.4 Å². The summed E-state index contributed by atoms with van der Waals surface area (Å²) in [5.41, 5.74) is 0. The standard InChI is InChI=1S/C15H23N3O/c1-2-19-14-6-3-8-16-15(14)17-12-7-10-18-9-4-5-13(18)11-12/h3,6,8,12-13H,2,4-5,7,9-11H2,1H3,(H,16,17). The van der Waals surface area contributed by atoms with Crippen LogP contribution < -0.4 is 10.1 Å². The van der Waals surface area contributed by atoms with Gasteiger partial charge in [-0.15, -0.1) is 0 Å². The number of anilines is 1. The summed E-state index contributed by atoms with van der Waals surface area (Å²) in [6.07, 6.45) is 7.00. The van der Waals surface area contributed by atoms with Gasteiger partial charge >= 0.3 is 0 Å². The molecule has 3 heterocycles. The zero-order valence-electron chi connectivity index (χ0n) is 11.6. The van der Waals surface area contributed by atoms with Crippen molar-refractivity contribution in [3.63, 3.8) is 0 Å². The summed E-state index contributed by atoms with van der Waals surface area (Å²) < 4.78 is 5.63. The first kappa shape index (κ1) is 12.7. The summed E-state index contributed by atoms with van der Waals surface area (Å²) in [4.78, 5) is 7.07. The second-order valence-electron chi connectivity index (χ2n) is 5.48. The Morgan fingerprint density at radius 1 is 1.42 bits per heavy atom. The van der Waals surface area contributed by atoms with E-state index in [-0.39, 0.29) is 0 Å². The molecule has 4 nitrogen and oxygen atoms in total. The molecule has 0 saturated carbocycles. The predicted molar refractivity (Wildman–Crippen MR) is 76.6 cm³/mol. The Balaban J connectivity index is 1.65. The molecule has 0 radical (unpaired) electrons. The van der Waals surface area contributed by atoms with Gasteiger partial charge < -0.3 is 15.0 Å². The molecule has 3 rings (SSSR count). The van der Waals surface area contributed by atoms with E-state index in [0.29, 0.717) is 12.6 Å². The Hall–Kier alpha value is -1.29. The number of hydrogen-bond donors (Lipinski definition) is 1. The third kappa shape index (κ3) is 2.84. The highest BCUT2D eigenvalue weighted by atomic mass is 16.5. The van der Waals surface area contributed by atoms with Crippen molar-refractivity contribution in [2.75, 3.05) is 25.0 Å². The summed E-state index contributed by atoms with van der Waals surface area (Å²) in [5, 5.41) is 3.58. The van der Waals surface area contributed by atoms with Crippen LogP contribution in [0.4, 0.5) is 5.82 Å². The summed E-state index contributed by atoms with van der Waals surface area (Å²) in [6, 6.07) is 5.23. The van der Waals surface area contributed by atoms with Gasteiger partial charge in [-0.1, -0.05) is 0 Å². The first-order valence-electron chi connectivity index (χ1n) is 7.45. The van der Waals surface area contributed by atoms with Gasteiger partial charge in [-0.2, -0.15) is 0 Å². The normalized spacial score (nSPS) is 27.0. The van der Waals surface area contributed by atoms with Gasteiger partial charge in [0.1, 0.15) is 0 Å². The van der Waals surface area contributed by atoms with Crippen molar-refractivity contribution in [1.29, 1.82) is 0 Å². The van der Waals surface area contributed by atoms with Crippen LogP contribution in [0, 0.1) is 0 Å².